The number of alkyl halides is 3. The lowest BCUT2D eigenvalue weighted by atomic mass is 10.1. The maximum absolute atomic E-state index is 13.8. The molecule has 9 heteroatoms. The number of anilines is 3. The lowest BCUT2D eigenvalue weighted by molar-refractivity contribution is -0.136. The molecule has 0 atom stereocenters. The fourth-order valence-corrected chi connectivity index (χ4v) is 4.41. The molecule has 1 amide bonds. The SMILES string of the molecule is CC(C)N1CCN(c2ccc(C(=O)Nc3ccc(N4CCOCC4)cc3C(F)(F)F)cc2)CC1. The van der Waals surface area contributed by atoms with E-state index in [-0.39, 0.29) is 5.69 Å². The first-order valence-electron chi connectivity index (χ1n) is 11.7. The van der Waals surface area contributed by atoms with Crippen molar-refractivity contribution in [3.05, 3.63) is 53.6 Å². The molecular formula is C25H31F3N4O2. The van der Waals surface area contributed by atoms with E-state index in [1.165, 1.54) is 6.07 Å². The maximum Gasteiger partial charge on any atom is 0.418 e. The summed E-state index contributed by atoms with van der Waals surface area (Å²) in [6.45, 7) is 10.1. The molecule has 2 aromatic rings. The van der Waals surface area contributed by atoms with Crippen molar-refractivity contribution in [3.63, 3.8) is 0 Å². The molecule has 2 aliphatic heterocycles. The summed E-state index contributed by atoms with van der Waals surface area (Å²) in [6.07, 6.45) is -4.59. The van der Waals surface area contributed by atoms with Gasteiger partial charge in [-0.15, -0.1) is 0 Å². The quantitative estimate of drug-likeness (QED) is 0.697. The summed E-state index contributed by atoms with van der Waals surface area (Å²) < 4.78 is 46.6. The average molecular weight is 477 g/mol. The highest BCUT2D eigenvalue weighted by molar-refractivity contribution is 6.05. The smallest absolute Gasteiger partial charge is 0.378 e. The van der Waals surface area contributed by atoms with Gasteiger partial charge in [-0.05, 0) is 56.3 Å². The van der Waals surface area contributed by atoms with Crippen LogP contribution in [0.25, 0.3) is 0 Å². The largest absolute Gasteiger partial charge is 0.418 e. The number of benzene rings is 2. The van der Waals surface area contributed by atoms with Crippen LogP contribution in [0, 0.1) is 0 Å². The Kier molecular flexibility index (Phi) is 7.33. The van der Waals surface area contributed by atoms with Crippen molar-refractivity contribution in [3.8, 4) is 0 Å². The van der Waals surface area contributed by atoms with Crippen molar-refractivity contribution in [2.75, 3.05) is 67.6 Å². The molecule has 2 saturated heterocycles. The number of ether oxygens (including phenoxy) is 1. The van der Waals surface area contributed by atoms with Crippen LogP contribution in [0.5, 0.6) is 0 Å². The molecule has 0 aromatic heterocycles. The predicted molar refractivity (Wildman–Crippen MR) is 128 cm³/mol. The van der Waals surface area contributed by atoms with Gasteiger partial charge in [-0.3, -0.25) is 9.69 Å². The van der Waals surface area contributed by atoms with Gasteiger partial charge in [0.15, 0.2) is 0 Å². The van der Waals surface area contributed by atoms with Crippen molar-refractivity contribution < 1.29 is 22.7 Å². The summed E-state index contributed by atoms with van der Waals surface area (Å²) in [5.41, 5.74) is 0.684. The van der Waals surface area contributed by atoms with E-state index >= 15 is 0 Å². The van der Waals surface area contributed by atoms with Crippen LogP contribution in [0.1, 0.15) is 29.8 Å². The first kappa shape index (κ1) is 24.3. The Morgan fingerprint density at radius 1 is 0.882 bits per heavy atom. The molecule has 1 N–H and O–H groups in total. The van der Waals surface area contributed by atoms with Crippen molar-refractivity contribution in [2.24, 2.45) is 0 Å². The van der Waals surface area contributed by atoms with Gasteiger partial charge in [0.05, 0.1) is 24.5 Å². The molecule has 2 heterocycles. The molecule has 0 unspecified atom stereocenters. The van der Waals surface area contributed by atoms with E-state index in [4.69, 9.17) is 4.74 Å². The highest BCUT2D eigenvalue weighted by Crippen LogP contribution is 2.37. The van der Waals surface area contributed by atoms with E-state index in [1.54, 1.807) is 18.2 Å². The number of halogens is 3. The van der Waals surface area contributed by atoms with Gasteiger partial charge in [-0.25, -0.2) is 0 Å². The third-order valence-electron chi connectivity index (χ3n) is 6.47. The number of morpholine rings is 1. The summed E-state index contributed by atoms with van der Waals surface area (Å²) in [7, 11) is 0. The Morgan fingerprint density at radius 2 is 1.47 bits per heavy atom. The highest BCUT2D eigenvalue weighted by atomic mass is 19.4. The van der Waals surface area contributed by atoms with E-state index < -0.39 is 17.6 Å². The summed E-state index contributed by atoms with van der Waals surface area (Å²) in [4.78, 5) is 19.3. The van der Waals surface area contributed by atoms with E-state index in [9.17, 15) is 18.0 Å². The number of nitrogens with zero attached hydrogens (tertiary/aromatic N) is 3. The number of piperazine rings is 1. The van der Waals surface area contributed by atoms with Gasteiger partial charge in [-0.2, -0.15) is 13.2 Å². The molecule has 6 nitrogen and oxygen atoms in total. The number of hydrogen-bond donors (Lipinski definition) is 1. The van der Waals surface area contributed by atoms with Gasteiger partial charge in [0.25, 0.3) is 5.91 Å². The van der Waals surface area contributed by atoms with Crippen LogP contribution in [0.4, 0.5) is 30.2 Å². The van der Waals surface area contributed by atoms with Gasteiger partial charge in [0.1, 0.15) is 0 Å². The summed E-state index contributed by atoms with van der Waals surface area (Å²) >= 11 is 0. The third-order valence-corrected chi connectivity index (χ3v) is 6.47. The van der Waals surface area contributed by atoms with Gasteiger partial charge in [0.2, 0.25) is 0 Å². The standard InChI is InChI=1S/C25H31F3N4O2/c1-18(2)30-9-11-31(12-10-30)20-5-3-19(4-6-20)24(33)29-23-8-7-21(17-22(23)25(26,27)28)32-13-15-34-16-14-32/h3-8,17-18H,9-16H2,1-2H3,(H,29,33). The van der Waals surface area contributed by atoms with E-state index in [1.807, 2.05) is 17.0 Å². The molecule has 2 aliphatic rings. The molecule has 2 aromatic carbocycles. The number of hydrogen-bond acceptors (Lipinski definition) is 5. The van der Waals surface area contributed by atoms with Crippen LogP contribution in [0.15, 0.2) is 42.5 Å². The zero-order chi connectivity index (χ0) is 24.3. The van der Waals surface area contributed by atoms with Crippen molar-refractivity contribution in [2.45, 2.75) is 26.1 Å². The minimum atomic E-state index is -4.59. The lowest BCUT2D eigenvalue weighted by Crippen LogP contribution is -2.48. The number of carbonyl (C=O) groups excluding carboxylic acids is 1. The van der Waals surface area contributed by atoms with Crippen LogP contribution in [0.2, 0.25) is 0 Å². The molecule has 0 spiro atoms. The van der Waals surface area contributed by atoms with Gasteiger partial charge in [-0.1, -0.05) is 0 Å². The Hall–Kier alpha value is -2.78. The van der Waals surface area contributed by atoms with Crippen molar-refractivity contribution in [1.29, 1.82) is 0 Å². The molecule has 4 rings (SSSR count). The van der Waals surface area contributed by atoms with E-state index in [0.717, 1.165) is 37.9 Å². The summed E-state index contributed by atoms with van der Waals surface area (Å²) in [5, 5.41) is 2.46. The number of nitrogens with one attached hydrogen (secondary N) is 1. The minimum absolute atomic E-state index is 0.247. The fraction of sp³-hybridized carbons (Fsp3) is 0.480. The Labute approximate surface area is 198 Å². The molecular weight excluding hydrogens is 445 g/mol. The predicted octanol–water partition coefficient (Wildman–Crippen LogP) is 4.32. The minimum Gasteiger partial charge on any atom is -0.378 e. The lowest BCUT2D eigenvalue weighted by Gasteiger charge is -2.38. The van der Waals surface area contributed by atoms with Crippen LogP contribution in [-0.2, 0) is 10.9 Å². The van der Waals surface area contributed by atoms with Crippen LogP contribution < -0.4 is 15.1 Å². The van der Waals surface area contributed by atoms with Gasteiger partial charge in [0, 0.05) is 62.2 Å². The molecule has 2 fully saturated rings. The molecule has 184 valence electrons. The molecule has 0 bridgehead atoms. The number of amides is 1. The second-order valence-electron chi connectivity index (χ2n) is 8.94. The van der Waals surface area contributed by atoms with Crippen molar-refractivity contribution >= 4 is 23.0 Å². The fourth-order valence-electron chi connectivity index (χ4n) is 4.41. The molecule has 34 heavy (non-hydrogen) atoms. The molecule has 0 aliphatic carbocycles. The maximum atomic E-state index is 13.8. The summed E-state index contributed by atoms with van der Waals surface area (Å²) in [6, 6.07) is 11.6. The normalized spacial score (nSPS) is 17.8. The Bertz CT molecular complexity index is 981. The Balaban J connectivity index is 1.45. The molecule has 0 saturated carbocycles. The first-order chi connectivity index (χ1) is 16.2. The van der Waals surface area contributed by atoms with Gasteiger partial charge >= 0.3 is 6.18 Å². The monoisotopic (exact) mass is 476 g/mol. The Morgan fingerprint density at radius 3 is 2.06 bits per heavy atom. The van der Waals surface area contributed by atoms with Crippen LogP contribution in [0.3, 0.4) is 0 Å². The van der Waals surface area contributed by atoms with Crippen LogP contribution >= 0.6 is 0 Å². The van der Waals surface area contributed by atoms with E-state index in [0.29, 0.717) is 43.6 Å². The highest BCUT2D eigenvalue weighted by Gasteiger charge is 2.35. The summed E-state index contributed by atoms with van der Waals surface area (Å²) in [5.74, 6) is -0.569. The molecule has 0 radical (unpaired) electrons. The number of rotatable bonds is 5. The first-order valence-corrected chi connectivity index (χ1v) is 11.7. The second-order valence-corrected chi connectivity index (χ2v) is 8.94. The number of carbonyl (C=O) groups is 1. The second kappa shape index (κ2) is 10.2. The van der Waals surface area contributed by atoms with Gasteiger partial charge < -0.3 is 19.9 Å². The van der Waals surface area contributed by atoms with Crippen molar-refractivity contribution in [1.82, 2.24) is 4.90 Å². The topological polar surface area (TPSA) is 48.0 Å². The van der Waals surface area contributed by atoms with E-state index in [2.05, 4.69) is 29.0 Å². The average Bonchev–Trinajstić information content (AvgIpc) is 2.84. The third kappa shape index (κ3) is 5.64. The zero-order valence-electron chi connectivity index (χ0n) is 19.6. The van der Waals surface area contributed by atoms with Crippen LogP contribution in [-0.4, -0.2) is 69.3 Å². The zero-order valence-corrected chi connectivity index (χ0v) is 19.6.